The standard InChI is InChI=1S/C52H91N15O12S2/c1-6-7-8-12-25-80-81-28-33(57)43(70)66-42(31(5)69)52(79)63-36(17-22-55)45(72)62-38-19-24-58-51(78)41(30(4)68)67-48(75)37(18-23-56)60-44(71)34(15-20-53)61-49(76)39(26-29(2)3)64-50(77)40(27-32-13-10-9-11-14-32)65-46(73)35(16-21-54)59-47(38)74/h9-11,13-14,29-31,33-42,68-69H,6-8,12,15-28,53-57H2,1-5H3,(H,58,78)(H,59,74)(H,60,71)(H,61,76)(H,62,72)(H,63,79)(H,64,77)(H,65,73)(H,66,70)(H,67,75)/t30-,31-,33+,34+,35+,36+,37+,38+,39+,40-,41+,42+/m1/s1. The van der Waals surface area contributed by atoms with Gasteiger partial charge in [-0.3, -0.25) is 47.9 Å². The van der Waals surface area contributed by atoms with Gasteiger partial charge in [0, 0.05) is 24.5 Å². The first-order chi connectivity index (χ1) is 38.5. The van der Waals surface area contributed by atoms with Crippen LogP contribution < -0.4 is 81.8 Å². The molecule has 0 unspecified atom stereocenters. The minimum absolute atomic E-state index is 0.0564. The summed E-state index contributed by atoms with van der Waals surface area (Å²) < 4.78 is 0. The Morgan fingerprint density at radius 1 is 0.630 bits per heavy atom. The molecule has 81 heavy (non-hydrogen) atoms. The van der Waals surface area contributed by atoms with E-state index in [9.17, 15) is 58.2 Å². The van der Waals surface area contributed by atoms with E-state index >= 15 is 0 Å². The van der Waals surface area contributed by atoms with Crippen molar-refractivity contribution in [2.75, 3.05) is 44.2 Å². The highest BCUT2D eigenvalue weighted by Gasteiger charge is 2.37. The summed E-state index contributed by atoms with van der Waals surface area (Å²) in [6.07, 6.45) is 0.0672. The van der Waals surface area contributed by atoms with Gasteiger partial charge in [0.15, 0.2) is 0 Å². The van der Waals surface area contributed by atoms with Gasteiger partial charge in [-0.1, -0.05) is 92.0 Å². The molecule has 1 aromatic carbocycles. The quantitative estimate of drug-likeness (QED) is 0.0278. The lowest BCUT2D eigenvalue weighted by molar-refractivity contribution is -0.136. The maximum absolute atomic E-state index is 14.5. The number of hydrogen-bond acceptors (Lipinski definition) is 19. The number of rotatable bonds is 28. The van der Waals surface area contributed by atoms with E-state index in [2.05, 4.69) is 60.1 Å². The lowest BCUT2D eigenvalue weighted by Gasteiger charge is -2.28. The molecule has 0 aliphatic carbocycles. The molecule has 458 valence electrons. The molecule has 0 radical (unpaired) electrons. The highest BCUT2D eigenvalue weighted by atomic mass is 33.1. The van der Waals surface area contributed by atoms with E-state index in [1.807, 2.05) is 0 Å². The lowest BCUT2D eigenvalue weighted by atomic mass is 10.00. The van der Waals surface area contributed by atoms with Crippen molar-refractivity contribution < 1.29 is 58.2 Å². The van der Waals surface area contributed by atoms with Crippen LogP contribution in [0.15, 0.2) is 30.3 Å². The first kappa shape index (κ1) is 71.4. The van der Waals surface area contributed by atoms with Gasteiger partial charge in [0.05, 0.1) is 18.2 Å². The Bertz CT molecular complexity index is 2170. The number of hydrogen-bond donors (Lipinski definition) is 17. The summed E-state index contributed by atoms with van der Waals surface area (Å²) in [7, 11) is 2.96. The first-order valence-corrected chi connectivity index (χ1v) is 30.2. The van der Waals surface area contributed by atoms with E-state index in [1.165, 1.54) is 24.6 Å². The Labute approximate surface area is 482 Å². The molecule has 1 aliphatic heterocycles. The molecule has 1 aromatic rings. The smallest absolute Gasteiger partial charge is 0.245 e. The van der Waals surface area contributed by atoms with Crippen LogP contribution in [0.1, 0.15) is 104 Å². The summed E-state index contributed by atoms with van der Waals surface area (Å²) >= 11 is 0. The summed E-state index contributed by atoms with van der Waals surface area (Å²) in [5.74, 6) is -8.13. The second kappa shape index (κ2) is 38.9. The number of nitrogens with two attached hydrogens (primary N) is 5. The second-order valence-corrected chi connectivity index (χ2v) is 23.0. The van der Waals surface area contributed by atoms with Crippen LogP contribution in [0.2, 0.25) is 0 Å². The van der Waals surface area contributed by atoms with E-state index in [-0.39, 0.29) is 76.4 Å². The fraction of sp³-hybridized carbons (Fsp3) is 0.692. The van der Waals surface area contributed by atoms with Crippen LogP contribution in [0.25, 0.3) is 0 Å². The first-order valence-electron chi connectivity index (χ1n) is 27.7. The number of unbranched alkanes of at least 4 members (excludes halogenated alkanes) is 3. The zero-order chi connectivity index (χ0) is 60.6. The van der Waals surface area contributed by atoms with Gasteiger partial charge in [-0.15, -0.1) is 0 Å². The number of carbonyl (C=O) groups excluding carboxylic acids is 10. The van der Waals surface area contributed by atoms with Crippen molar-refractivity contribution in [3.05, 3.63) is 35.9 Å². The third-order valence-corrected chi connectivity index (χ3v) is 15.4. The SMILES string of the molecule is CCCCCCSSC[C@H](N)C(=O)N[C@H](C(=O)N[C@@H](CCN)C(=O)N[C@H]1CCNC(=O)[C@H]([C@@H](C)O)NC(=O)[C@H](CCN)NC(=O)[C@H](CCN)NC(=O)[C@H](CC(C)C)NC(=O)[C@@H](Cc2ccccc2)NC(=O)[C@H](CCN)NC1=O)[C@@H](C)O. The zero-order valence-electron chi connectivity index (χ0n) is 47.3. The van der Waals surface area contributed by atoms with Gasteiger partial charge < -0.3 is 92.0 Å². The van der Waals surface area contributed by atoms with Crippen LogP contribution in [-0.2, 0) is 54.4 Å². The maximum atomic E-state index is 14.5. The van der Waals surface area contributed by atoms with Crippen molar-refractivity contribution >= 4 is 80.7 Å². The summed E-state index contributed by atoms with van der Waals surface area (Å²) in [5, 5.41) is 46.9. The molecular weight excluding hydrogens is 1090 g/mol. The minimum atomic E-state index is -1.67. The van der Waals surface area contributed by atoms with Crippen LogP contribution in [-0.4, -0.2) is 186 Å². The van der Waals surface area contributed by atoms with E-state index in [1.54, 1.807) is 55.0 Å². The largest absolute Gasteiger partial charge is 0.391 e. The molecule has 29 heteroatoms. The molecule has 0 bridgehead atoms. The molecule has 1 fully saturated rings. The number of amides is 10. The highest BCUT2D eigenvalue weighted by molar-refractivity contribution is 8.76. The van der Waals surface area contributed by atoms with Crippen molar-refractivity contribution in [2.24, 2.45) is 34.6 Å². The summed E-state index contributed by atoms with van der Waals surface area (Å²) in [6, 6.07) is -5.76. The minimum Gasteiger partial charge on any atom is -0.391 e. The molecule has 0 saturated carbocycles. The molecule has 0 aromatic heterocycles. The normalized spacial score (nSPS) is 23.1. The van der Waals surface area contributed by atoms with E-state index in [4.69, 9.17) is 28.7 Å². The molecular formula is C52H91N15O12S2. The number of carbonyl (C=O) groups is 10. The molecule has 22 N–H and O–H groups in total. The summed E-state index contributed by atoms with van der Waals surface area (Å²) in [5.41, 5.74) is 30.3. The van der Waals surface area contributed by atoms with E-state index < -0.39 is 145 Å². The van der Waals surface area contributed by atoms with E-state index in [0.29, 0.717) is 5.56 Å². The molecule has 2 rings (SSSR count). The molecule has 1 aliphatic rings. The zero-order valence-corrected chi connectivity index (χ0v) is 48.9. The average molecular weight is 1180 g/mol. The molecule has 12 atom stereocenters. The van der Waals surface area contributed by atoms with Crippen molar-refractivity contribution in [1.82, 2.24) is 53.2 Å². The lowest BCUT2D eigenvalue weighted by Crippen LogP contribution is -2.62. The van der Waals surface area contributed by atoms with E-state index in [0.717, 1.165) is 31.4 Å². The monoisotopic (exact) mass is 1180 g/mol. The van der Waals surface area contributed by atoms with Gasteiger partial charge in [-0.05, 0) is 96.5 Å². The van der Waals surface area contributed by atoms with Crippen LogP contribution in [0.3, 0.4) is 0 Å². The predicted molar refractivity (Wildman–Crippen MR) is 310 cm³/mol. The Morgan fingerprint density at radius 2 is 1.16 bits per heavy atom. The molecule has 1 heterocycles. The van der Waals surface area contributed by atoms with Crippen LogP contribution in [0, 0.1) is 5.92 Å². The Morgan fingerprint density at radius 3 is 1.69 bits per heavy atom. The number of aliphatic hydroxyl groups excluding tert-OH is 2. The second-order valence-electron chi connectivity index (χ2n) is 20.4. The molecule has 10 amide bonds. The third kappa shape index (κ3) is 26.4. The van der Waals surface area contributed by atoms with Crippen molar-refractivity contribution in [3.63, 3.8) is 0 Å². The third-order valence-electron chi connectivity index (χ3n) is 12.8. The van der Waals surface area contributed by atoms with Gasteiger partial charge in [0.25, 0.3) is 0 Å². The molecule has 27 nitrogen and oxygen atoms in total. The number of nitrogens with one attached hydrogen (secondary N) is 10. The van der Waals surface area contributed by atoms with Gasteiger partial charge in [0.1, 0.15) is 54.4 Å². The molecule has 1 saturated heterocycles. The Hall–Kier alpha value is -5.66. The fourth-order valence-corrected chi connectivity index (χ4v) is 10.6. The van der Waals surface area contributed by atoms with Crippen LogP contribution in [0.4, 0.5) is 0 Å². The maximum Gasteiger partial charge on any atom is 0.245 e. The fourth-order valence-electron chi connectivity index (χ4n) is 8.29. The van der Waals surface area contributed by atoms with Gasteiger partial charge >= 0.3 is 0 Å². The average Bonchev–Trinajstić information content (AvgIpc) is 3.43. The number of benzene rings is 1. The molecule has 0 spiro atoms. The Kier molecular flexibility index (Phi) is 34.3. The van der Waals surface area contributed by atoms with Gasteiger partial charge in [-0.25, -0.2) is 0 Å². The van der Waals surface area contributed by atoms with Crippen LogP contribution >= 0.6 is 21.6 Å². The number of aliphatic hydroxyl groups is 2. The van der Waals surface area contributed by atoms with Crippen molar-refractivity contribution in [1.29, 1.82) is 0 Å². The van der Waals surface area contributed by atoms with Crippen LogP contribution in [0.5, 0.6) is 0 Å². The highest BCUT2D eigenvalue weighted by Crippen LogP contribution is 2.23. The topological polar surface area (TPSA) is 462 Å². The van der Waals surface area contributed by atoms with Gasteiger partial charge in [0.2, 0.25) is 59.1 Å². The summed E-state index contributed by atoms with van der Waals surface area (Å²) in [6.45, 7) is 7.11. The predicted octanol–water partition coefficient (Wildman–Crippen LogP) is -4.40. The van der Waals surface area contributed by atoms with Crippen molar-refractivity contribution in [2.45, 2.75) is 178 Å². The van der Waals surface area contributed by atoms with Gasteiger partial charge in [-0.2, -0.15) is 0 Å². The Balaban J connectivity index is 2.65. The summed E-state index contributed by atoms with van der Waals surface area (Å²) in [4.78, 5) is 140. The van der Waals surface area contributed by atoms with Crippen molar-refractivity contribution in [3.8, 4) is 0 Å².